The largest absolute Gasteiger partial charge is 0.465 e. The molecule has 0 bridgehead atoms. The number of piperazine rings is 3. The number of anilines is 2. The summed E-state index contributed by atoms with van der Waals surface area (Å²) in [6, 6.07) is 6.96. The van der Waals surface area contributed by atoms with E-state index in [1.807, 2.05) is 12.1 Å². The van der Waals surface area contributed by atoms with Gasteiger partial charge in [-0.25, -0.2) is 44.1 Å². The van der Waals surface area contributed by atoms with E-state index in [1.165, 1.54) is 4.90 Å². The van der Waals surface area contributed by atoms with Gasteiger partial charge in [-0.15, -0.1) is 0 Å². The Kier molecular flexibility index (Phi) is 19.5. The Bertz CT molecular complexity index is 2150. The van der Waals surface area contributed by atoms with Gasteiger partial charge < -0.3 is 72.2 Å². The van der Waals surface area contributed by atoms with Crippen molar-refractivity contribution in [3.05, 3.63) is 65.7 Å². The third-order valence-corrected chi connectivity index (χ3v) is 12.6. The molecule has 0 spiro atoms. The van der Waals surface area contributed by atoms with Crippen molar-refractivity contribution in [1.29, 1.82) is 0 Å². The molecule has 1 aromatic carbocycles. The van der Waals surface area contributed by atoms with Crippen molar-refractivity contribution in [3.63, 3.8) is 0 Å². The number of aryl methyl sites for hydroxylation is 2. The van der Waals surface area contributed by atoms with Crippen LogP contribution in [0, 0.1) is 0 Å². The zero-order valence-corrected chi connectivity index (χ0v) is 40.0. The lowest BCUT2D eigenvalue weighted by atomic mass is 9.96. The molecule has 7 rings (SSSR count). The zero-order valence-electron chi connectivity index (χ0n) is 40.0. The molecule has 10 N–H and O–H groups in total. The minimum absolute atomic E-state index is 0.00782. The minimum Gasteiger partial charge on any atom is -0.465 e. The number of carbonyl (C=O) groups excluding carboxylic acids is 5. The van der Waals surface area contributed by atoms with Gasteiger partial charge in [-0.2, -0.15) is 0 Å². The molecule has 3 aromatic rings. The fourth-order valence-corrected chi connectivity index (χ4v) is 8.42. The van der Waals surface area contributed by atoms with E-state index in [1.54, 1.807) is 61.4 Å². The van der Waals surface area contributed by atoms with Crippen molar-refractivity contribution in [2.24, 2.45) is 16.5 Å². The number of amides is 7. The number of carbonyl (C=O) groups is 6. The van der Waals surface area contributed by atoms with Gasteiger partial charge in [-0.05, 0) is 80.2 Å². The molecule has 1 aliphatic carbocycles. The fraction of sp³-hybridized carbons (Fsp3) is 0.543. The van der Waals surface area contributed by atoms with Crippen molar-refractivity contribution in [3.8, 4) is 0 Å². The summed E-state index contributed by atoms with van der Waals surface area (Å²) in [4.78, 5) is 104. The maximum Gasteiger partial charge on any atom is 0.410 e. The standard InChI is InChI=1S/C32H46N10O6.C14H20N6O3/c33-29-35-19-23(20-36-29)7-9-27(43)39-11-15-41(16-12-39)31(45)47-25-3-1-4-26(6-2-5-25)48-32(46)42-17-13-40(14-18-42)28(44)10-8-24-21-37-30(34)38-22-24;15-12(16)18-11-3-1-10(2-4-11)9-17-13(21)19-5-7-20(8-6-19)14(22)23/h19-22,25-26H,1-18H2,(H2,33,35,36)(H2,34,37,38);1-4H,5-9H2,(H,17,21)(H,22,23)(H4,15,16,18). The summed E-state index contributed by atoms with van der Waals surface area (Å²) in [7, 11) is 0. The Labute approximate surface area is 411 Å². The Hall–Kier alpha value is -7.73. The van der Waals surface area contributed by atoms with E-state index in [-0.39, 0.29) is 60.1 Å². The number of nitrogens with two attached hydrogens (primary N) is 4. The molecule has 3 saturated heterocycles. The molecule has 25 nitrogen and oxygen atoms in total. The van der Waals surface area contributed by atoms with Gasteiger partial charge in [0.15, 0.2) is 5.96 Å². The molecular formula is C46H66N16O9. The topological polar surface area (TPSA) is 341 Å². The number of hydrogen-bond acceptors (Lipinski definition) is 15. The number of aromatic nitrogens is 4. The number of rotatable bonds is 11. The molecule has 5 heterocycles. The van der Waals surface area contributed by atoms with E-state index >= 15 is 0 Å². The van der Waals surface area contributed by atoms with Crippen LogP contribution in [-0.4, -0.2) is 187 Å². The molecule has 3 aliphatic heterocycles. The molecule has 25 heteroatoms. The summed E-state index contributed by atoms with van der Waals surface area (Å²) in [5.74, 6) is 0.465. The number of benzene rings is 1. The Balaban J connectivity index is 0.000000300. The second-order valence-corrected chi connectivity index (χ2v) is 17.6. The molecule has 0 unspecified atom stereocenters. The molecule has 4 fully saturated rings. The van der Waals surface area contributed by atoms with Crippen LogP contribution < -0.4 is 28.3 Å². The molecule has 0 radical (unpaired) electrons. The van der Waals surface area contributed by atoms with Gasteiger partial charge in [0.1, 0.15) is 12.2 Å². The van der Waals surface area contributed by atoms with Crippen LogP contribution in [0.15, 0.2) is 54.0 Å². The number of carboxylic acid groups (broad SMARTS) is 1. The summed E-state index contributed by atoms with van der Waals surface area (Å²) in [5.41, 5.74) is 24.9. The highest BCUT2D eigenvalue weighted by Crippen LogP contribution is 2.24. The average Bonchev–Trinajstić information content (AvgIpc) is 3.37. The number of aliphatic imine (C=N–C) groups is 1. The molecule has 4 aliphatic rings. The van der Waals surface area contributed by atoms with Gasteiger partial charge in [0.05, 0.1) is 5.69 Å². The van der Waals surface area contributed by atoms with Gasteiger partial charge in [0, 0.05) is 123 Å². The van der Waals surface area contributed by atoms with E-state index < -0.39 is 6.09 Å². The van der Waals surface area contributed by atoms with Crippen LogP contribution in [0.25, 0.3) is 0 Å². The Morgan fingerprint density at radius 2 is 0.944 bits per heavy atom. The average molecular weight is 987 g/mol. The molecule has 0 atom stereocenters. The molecule has 384 valence electrons. The first-order chi connectivity index (χ1) is 34.2. The van der Waals surface area contributed by atoms with Crippen LogP contribution in [-0.2, 0) is 38.4 Å². The maximum absolute atomic E-state index is 12.9. The van der Waals surface area contributed by atoms with Crippen molar-refractivity contribution in [1.82, 2.24) is 54.7 Å². The number of nitrogens with zero attached hydrogens (tertiary/aromatic N) is 11. The first kappa shape index (κ1) is 52.6. The third kappa shape index (κ3) is 17.0. The monoisotopic (exact) mass is 987 g/mol. The van der Waals surface area contributed by atoms with Crippen LogP contribution in [0.2, 0.25) is 0 Å². The van der Waals surface area contributed by atoms with Crippen LogP contribution in [0.3, 0.4) is 0 Å². The fourth-order valence-electron chi connectivity index (χ4n) is 8.42. The molecular weight excluding hydrogens is 921 g/mol. The number of urea groups is 1. The smallest absolute Gasteiger partial charge is 0.410 e. The number of nitrogen functional groups attached to an aromatic ring is 2. The van der Waals surface area contributed by atoms with Gasteiger partial charge in [-0.3, -0.25) is 9.59 Å². The first-order valence-corrected chi connectivity index (χ1v) is 24.0. The SMILES string of the molecule is NC(N)=Nc1ccc(CNC(=O)N2CCN(C(=O)O)CC2)cc1.Nc1ncc(CCC(=O)N2CCN(C(=O)OC3CCCC(OC(=O)N4CCN(C(=O)CCc5cnc(N)nc5)CC4)CCC3)CC2)cn1. The Morgan fingerprint density at radius 1 is 0.563 bits per heavy atom. The number of ether oxygens (including phenoxy) is 2. The van der Waals surface area contributed by atoms with E-state index in [0.717, 1.165) is 29.5 Å². The molecule has 71 heavy (non-hydrogen) atoms. The van der Waals surface area contributed by atoms with Gasteiger partial charge >= 0.3 is 24.3 Å². The second-order valence-electron chi connectivity index (χ2n) is 17.6. The molecule has 1 saturated carbocycles. The summed E-state index contributed by atoms with van der Waals surface area (Å²) in [6.07, 6.45) is 10.6. The van der Waals surface area contributed by atoms with E-state index in [4.69, 9.17) is 37.5 Å². The number of guanidine groups is 1. The highest BCUT2D eigenvalue weighted by molar-refractivity contribution is 5.79. The van der Waals surface area contributed by atoms with Crippen LogP contribution in [0.4, 0.5) is 36.8 Å². The first-order valence-electron chi connectivity index (χ1n) is 24.0. The summed E-state index contributed by atoms with van der Waals surface area (Å²) in [6.45, 7) is 5.42. The second kappa shape index (κ2) is 26.3. The van der Waals surface area contributed by atoms with Crippen LogP contribution in [0.5, 0.6) is 0 Å². The number of hydrogen-bond donors (Lipinski definition) is 6. The van der Waals surface area contributed by atoms with Crippen molar-refractivity contribution < 1.29 is 43.3 Å². The van der Waals surface area contributed by atoms with E-state index in [2.05, 4.69) is 30.2 Å². The van der Waals surface area contributed by atoms with E-state index in [0.29, 0.717) is 142 Å². The van der Waals surface area contributed by atoms with Crippen molar-refractivity contribution >= 4 is 59.7 Å². The molecule has 7 amide bonds. The lowest BCUT2D eigenvalue weighted by molar-refractivity contribution is -0.133. The van der Waals surface area contributed by atoms with Gasteiger partial charge in [0.25, 0.3) is 0 Å². The minimum atomic E-state index is -0.953. The van der Waals surface area contributed by atoms with Gasteiger partial charge in [-0.1, -0.05) is 12.1 Å². The predicted octanol–water partition coefficient (Wildman–Crippen LogP) is 1.75. The van der Waals surface area contributed by atoms with Crippen molar-refractivity contribution in [2.75, 3.05) is 90.0 Å². The summed E-state index contributed by atoms with van der Waals surface area (Å²) in [5, 5.41) is 11.7. The van der Waals surface area contributed by atoms with Crippen LogP contribution >= 0.6 is 0 Å². The lowest BCUT2D eigenvalue weighted by Gasteiger charge is -2.36. The van der Waals surface area contributed by atoms with Gasteiger partial charge in [0.2, 0.25) is 23.7 Å². The summed E-state index contributed by atoms with van der Waals surface area (Å²) < 4.78 is 11.7. The van der Waals surface area contributed by atoms with E-state index in [9.17, 15) is 28.8 Å². The normalized spacial score (nSPS) is 18.4. The summed E-state index contributed by atoms with van der Waals surface area (Å²) >= 11 is 0. The highest BCUT2D eigenvalue weighted by atomic mass is 16.6. The third-order valence-electron chi connectivity index (χ3n) is 12.6. The lowest BCUT2D eigenvalue weighted by Crippen LogP contribution is -2.52. The predicted molar refractivity (Wildman–Crippen MR) is 259 cm³/mol. The zero-order chi connectivity index (χ0) is 50.7. The van der Waals surface area contributed by atoms with Crippen molar-refractivity contribution in [2.45, 2.75) is 83.0 Å². The highest BCUT2D eigenvalue weighted by Gasteiger charge is 2.30. The quantitative estimate of drug-likeness (QED) is 0.118. The molecule has 2 aromatic heterocycles. The van der Waals surface area contributed by atoms with Crippen LogP contribution in [0.1, 0.15) is 68.1 Å². The Morgan fingerprint density at radius 3 is 1.34 bits per heavy atom. The maximum atomic E-state index is 12.9. The number of nitrogens with one attached hydrogen (secondary N) is 1.